The summed E-state index contributed by atoms with van der Waals surface area (Å²) in [5.41, 5.74) is -0.145. The van der Waals surface area contributed by atoms with Crippen molar-refractivity contribution in [3.05, 3.63) is 25.6 Å². The second-order valence-electron chi connectivity index (χ2n) is 1.57. The summed E-state index contributed by atoms with van der Waals surface area (Å²) in [6, 6.07) is 0. The van der Waals surface area contributed by atoms with Crippen LogP contribution in [0.5, 0.6) is 0 Å². The fourth-order valence-electron chi connectivity index (χ4n) is 0.457. The van der Waals surface area contributed by atoms with Crippen LogP contribution in [-0.4, -0.2) is 14.9 Å². The van der Waals surface area contributed by atoms with E-state index in [9.17, 15) is 10.1 Å². The van der Waals surface area contributed by atoms with Crippen molar-refractivity contribution in [2.75, 3.05) is 0 Å². The lowest BCUT2D eigenvalue weighted by Crippen LogP contribution is -1.93. The van der Waals surface area contributed by atoms with Crippen LogP contribution in [0.25, 0.3) is 0 Å². The van der Waals surface area contributed by atoms with Crippen molar-refractivity contribution in [2.24, 2.45) is 0 Å². The SMILES string of the molecule is O=[N+]([O-])c1cnc(Br)nc1Br. The quantitative estimate of drug-likeness (QED) is 0.341. The molecule has 1 heterocycles. The first-order valence-electron chi connectivity index (χ1n) is 2.43. The molecule has 0 aliphatic rings. The van der Waals surface area contributed by atoms with E-state index in [2.05, 4.69) is 41.8 Å². The van der Waals surface area contributed by atoms with Gasteiger partial charge in [-0.3, -0.25) is 10.1 Å². The molecule has 0 aliphatic carbocycles. The Balaban J connectivity index is 3.20. The molecule has 0 aliphatic heterocycles. The lowest BCUT2D eigenvalue weighted by atomic mass is 10.6. The van der Waals surface area contributed by atoms with Gasteiger partial charge in [-0.25, -0.2) is 9.97 Å². The van der Waals surface area contributed by atoms with Gasteiger partial charge >= 0.3 is 5.69 Å². The molecule has 1 aromatic heterocycles. The molecule has 0 N–H and O–H groups in total. The molecular weight excluding hydrogens is 282 g/mol. The van der Waals surface area contributed by atoms with Crippen LogP contribution < -0.4 is 0 Å². The van der Waals surface area contributed by atoms with E-state index in [4.69, 9.17) is 0 Å². The van der Waals surface area contributed by atoms with Crippen LogP contribution >= 0.6 is 31.9 Å². The van der Waals surface area contributed by atoms with Crippen LogP contribution in [0.4, 0.5) is 5.69 Å². The largest absolute Gasteiger partial charge is 0.320 e. The summed E-state index contributed by atoms with van der Waals surface area (Å²) in [6.45, 7) is 0. The zero-order valence-electron chi connectivity index (χ0n) is 4.99. The van der Waals surface area contributed by atoms with Gasteiger partial charge in [-0.15, -0.1) is 0 Å². The van der Waals surface area contributed by atoms with Gasteiger partial charge in [-0.05, 0) is 31.9 Å². The Morgan fingerprint density at radius 2 is 2.18 bits per heavy atom. The van der Waals surface area contributed by atoms with Gasteiger partial charge in [-0.2, -0.15) is 0 Å². The Bertz CT molecular complexity index is 303. The van der Waals surface area contributed by atoms with Gasteiger partial charge in [0.2, 0.25) is 0 Å². The highest BCUT2D eigenvalue weighted by atomic mass is 79.9. The zero-order chi connectivity index (χ0) is 8.43. The lowest BCUT2D eigenvalue weighted by Gasteiger charge is -1.92. The van der Waals surface area contributed by atoms with Crippen molar-refractivity contribution in [1.82, 2.24) is 9.97 Å². The number of halogens is 2. The molecule has 58 valence electrons. The summed E-state index contributed by atoms with van der Waals surface area (Å²) in [4.78, 5) is 16.9. The molecule has 0 saturated carbocycles. The number of hydrogen-bond acceptors (Lipinski definition) is 4. The normalized spacial score (nSPS) is 9.64. The van der Waals surface area contributed by atoms with Gasteiger partial charge in [0.1, 0.15) is 6.20 Å². The van der Waals surface area contributed by atoms with E-state index in [1.807, 2.05) is 0 Å². The Hall–Kier alpha value is -0.560. The minimum absolute atomic E-state index is 0.145. The van der Waals surface area contributed by atoms with E-state index in [0.29, 0.717) is 4.73 Å². The Kier molecular flexibility index (Phi) is 2.50. The Labute approximate surface area is 78.3 Å². The second-order valence-corrected chi connectivity index (χ2v) is 3.03. The van der Waals surface area contributed by atoms with E-state index >= 15 is 0 Å². The van der Waals surface area contributed by atoms with E-state index in [0.717, 1.165) is 6.20 Å². The molecule has 7 heteroatoms. The first-order chi connectivity index (χ1) is 5.11. The molecule has 0 atom stereocenters. The van der Waals surface area contributed by atoms with Crippen molar-refractivity contribution in [3.63, 3.8) is 0 Å². The monoisotopic (exact) mass is 281 g/mol. The third-order valence-corrected chi connectivity index (χ3v) is 1.86. The molecule has 0 bridgehead atoms. The highest BCUT2D eigenvalue weighted by Gasteiger charge is 2.13. The first-order valence-corrected chi connectivity index (χ1v) is 4.02. The van der Waals surface area contributed by atoms with Crippen molar-refractivity contribution >= 4 is 37.5 Å². The van der Waals surface area contributed by atoms with Gasteiger partial charge in [0, 0.05) is 0 Å². The van der Waals surface area contributed by atoms with Gasteiger partial charge in [0.05, 0.1) is 4.92 Å². The summed E-state index contributed by atoms with van der Waals surface area (Å²) < 4.78 is 0.486. The third-order valence-electron chi connectivity index (χ3n) is 0.892. The highest BCUT2D eigenvalue weighted by Crippen LogP contribution is 2.21. The summed E-state index contributed by atoms with van der Waals surface area (Å²) in [5, 5.41) is 10.2. The predicted octanol–water partition coefficient (Wildman–Crippen LogP) is 1.91. The van der Waals surface area contributed by atoms with Crippen molar-refractivity contribution in [3.8, 4) is 0 Å². The van der Waals surface area contributed by atoms with Crippen LogP contribution in [0.3, 0.4) is 0 Å². The number of nitro groups is 1. The molecule has 0 unspecified atom stereocenters. The maximum absolute atomic E-state index is 10.2. The molecule has 5 nitrogen and oxygen atoms in total. The fraction of sp³-hybridized carbons (Fsp3) is 0. The summed E-state index contributed by atoms with van der Waals surface area (Å²) in [6.07, 6.45) is 1.13. The second kappa shape index (κ2) is 3.22. The van der Waals surface area contributed by atoms with Gasteiger partial charge in [0.25, 0.3) is 0 Å². The average Bonchev–Trinajstić information content (AvgIpc) is 1.85. The van der Waals surface area contributed by atoms with Crippen molar-refractivity contribution < 1.29 is 4.92 Å². The molecule has 1 aromatic rings. The molecule has 0 fully saturated rings. The van der Waals surface area contributed by atoms with Crippen molar-refractivity contribution in [1.29, 1.82) is 0 Å². The zero-order valence-corrected chi connectivity index (χ0v) is 8.16. The summed E-state index contributed by atoms with van der Waals surface area (Å²) in [5.74, 6) is 0. The summed E-state index contributed by atoms with van der Waals surface area (Å²) >= 11 is 5.90. The Morgan fingerprint density at radius 3 is 2.64 bits per heavy atom. The van der Waals surface area contributed by atoms with E-state index < -0.39 is 4.92 Å². The number of nitrogens with zero attached hydrogens (tertiary/aromatic N) is 3. The molecular formula is C4HBr2N3O2. The maximum atomic E-state index is 10.2. The fourth-order valence-corrected chi connectivity index (χ4v) is 1.39. The minimum Gasteiger partial charge on any atom is -0.258 e. The van der Waals surface area contributed by atoms with E-state index in [1.165, 1.54) is 0 Å². The van der Waals surface area contributed by atoms with Crippen LogP contribution in [0.2, 0.25) is 0 Å². The summed E-state index contributed by atoms with van der Waals surface area (Å²) in [7, 11) is 0. The van der Waals surface area contributed by atoms with E-state index in [-0.39, 0.29) is 10.3 Å². The van der Waals surface area contributed by atoms with Crippen molar-refractivity contribution in [2.45, 2.75) is 0 Å². The maximum Gasteiger partial charge on any atom is 0.320 e. The first kappa shape index (κ1) is 8.54. The van der Waals surface area contributed by atoms with Gasteiger partial charge in [0.15, 0.2) is 9.34 Å². The molecule has 0 radical (unpaired) electrons. The van der Waals surface area contributed by atoms with Gasteiger partial charge < -0.3 is 0 Å². The molecule has 11 heavy (non-hydrogen) atoms. The number of rotatable bonds is 1. The highest BCUT2D eigenvalue weighted by molar-refractivity contribution is 9.11. The molecule has 0 spiro atoms. The van der Waals surface area contributed by atoms with E-state index in [1.54, 1.807) is 0 Å². The predicted molar refractivity (Wildman–Crippen MR) is 44.1 cm³/mol. The van der Waals surface area contributed by atoms with Crippen LogP contribution in [0.15, 0.2) is 15.5 Å². The lowest BCUT2D eigenvalue weighted by molar-refractivity contribution is -0.386. The number of hydrogen-bond donors (Lipinski definition) is 0. The molecule has 0 amide bonds. The Morgan fingerprint density at radius 1 is 1.55 bits per heavy atom. The molecule has 1 rings (SSSR count). The minimum atomic E-state index is -0.559. The third kappa shape index (κ3) is 1.93. The molecule has 0 aromatic carbocycles. The van der Waals surface area contributed by atoms with Gasteiger partial charge in [-0.1, -0.05) is 0 Å². The standard InChI is InChI=1S/C4HBr2N3O2/c5-3-2(9(10)11)1-7-4(6)8-3/h1H. The van der Waals surface area contributed by atoms with Crippen LogP contribution in [0.1, 0.15) is 0 Å². The number of aromatic nitrogens is 2. The average molecular weight is 283 g/mol. The van der Waals surface area contributed by atoms with Crippen LogP contribution in [0, 0.1) is 10.1 Å². The topological polar surface area (TPSA) is 68.9 Å². The molecule has 0 saturated heterocycles. The smallest absolute Gasteiger partial charge is 0.258 e. The van der Waals surface area contributed by atoms with Crippen LogP contribution in [-0.2, 0) is 0 Å².